The van der Waals surface area contributed by atoms with E-state index in [9.17, 15) is 20.4 Å². The molecule has 0 bridgehead atoms. The molecule has 0 amide bonds. The van der Waals surface area contributed by atoms with E-state index >= 15 is 0 Å². The highest BCUT2D eigenvalue weighted by Gasteiger charge is 2.69. The second-order valence-corrected chi connectivity index (χ2v) is 7.95. The Morgan fingerprint density at radius 2 is 1.92 bits per heavy atom. The molecule has 5 nitrogen and oxygen atoms in total. The number of benzene rings is 1. The second kappa shape index (κ2) is 5.73. The molecule has 0 spiro atoms. The van der Waals surface area contributed by atoms with E-state index < -0.39 is 22.9 Å². The number of aliphatic hydroxyl groups is 3. The molecule has 1 aromatic carbocycles. The fourth-order valence-corrected chi connectivity index (χ4v) is 4.35. The molecule has 1 heterocycles. The monoisotopic (exact) mass is 348 g/mol. The van der Waals surface area contributed by atoms with Crippen molar-refractivity contribution in [3.8, 4) is 11.5 Å². The first kappa shape index (κ1) is 18.2. The van der Waals surface area contributed by atoms with Gasteiger partial charge in [0.25, 0.3) is 0 Å². The van der Waals surface area contributed by atoms with Gasteiger partial charge in [0.2, 0.25) is 0 Å². The van der Waals surface area contributed by atoms with Gasteiger partial charge in [-0.3, -0.25) is 0 Å². The van der Waals surface area contributed by atoms with Gasteiger partial charge in [0.15, 0.2) is 11.2 Å². The van der Waals surface area contributed by atoms with Crippen LogP contribution >= 0.6 is 0 Å². The molecular formula is C20H28O5. The standard InChI is InChI=1S/C20H28O5/c1-5-6-7-13-9-14(21)17-15(10-13)25-18(3,4)20(24)16(22)8-12(2)11-19(17,20)23/h9-11,16,21-24H,5-8H2,1-4H3. The molecule has 0 saturated carbocycles. The number of phenolic OH excluding ortho intramolecular Hbond substituents is 1. The van der Waals surface area contributed by atoms with Gasteiger partial charge in [-0.2, -0.15) is 0 Å². The largest absolute Gasteiger partial charge is 0.507 e. The van der Waals surface area contributed by atoms with Crippen LogP contribution in [-0.2, 0) is 12.0 Å². The van der Waals surface area contributed by atoms with Crippen LogP contribution in [0.15, 0.2) is 23.8 Å². The number of hydrogen-bond donors (Lipinski definition) is 4. The predicted octanol–water partition coefficient (Wildman–Crippen LogP) is 2.54. The zero-order chi connectivity index (χ0) is 18.6. The van der Waals surface area contributed by atoms with Gasteiger partial charge in [-0.25, -0.2) is 0 Å². The van der Waals surface area contributed by atoms with Gasteiger partial charge in [-0.05, 0) is 63.8 Å². The van der Waals surface area contributed by atoms with Gasteiger partial charge < -0.3 is 25.2 Å². The lowest BCUT2D eigenvalue weighted by atomic mass is 9.60. The zero-order valence-corrected chi connectivity index (χ0v) is 15.3. The topological polar surface area (TPSA) is 90.2 Å². The van der Waals surface area contributed by atoms with Crippen LogP contribution in [0.5, 0.6) is 11.5 Å². The fraction of sp³-hybridized carbons (Fsp3) is 0.600. The molecule has 25 heavy (non-hydrogen) atoms. The van der Waals surface area contributed by atoms with E-state index in [0.29, 0.717) is 5.75 Å². The Balaban J connectivity index is 2.25. The summed E-state index contributed by atoms with van der Waals surface area (Å²) in [5.41, 5.74) is -3.37. The van der Waals surface area contributed by atoms with Crippen LogP contribution in [0.25, 0.3) is 0 Å². The van der Waals surface area contributed by atoms with Crippen molar-refractivity contribution >= 4 is 0 Å². The van der Waals surface area contributed by atoms with Crippen molar-refractivity contribution in [3.63, 3.8) is 0 Å². The molecule has 0 saturated heterocycles. The highest BCUT2D eigenvalue weighted by atomic mass is 16.5. The van der Waals surface area contributed by atoms with Gasteiger partial charge in [0.05, 0.1) is 11.7 Å². The van der Waals surface area contributed by atoms with E-state index in [1.807, 2.05) is 6.07 Å². The first-order chi connectivity index (χ1) is 11.6. The van der Waals surface area contributed by atoms with Crippen molar-refractivity contribution in [3.05, 3.63) is 34.9 Å². The summed E-state index contributed by atoms with van der Waals surface area (Å²) in [5, 5.41) is 44.1. The minimum atomic E-state index is -1.98. The van der Waals surface area contributed by atoms with E-state index in [-0.39, 0.29) is 17.7 Å². The fourth-order valence-electron chi connectivity index (χ4n) is 4.35. The molecule has 1 aliphatic heterocycles. The number of hydrogen-bond acceptors (Lipinski definition) is 5. The quantitative estimate of drug-likeness (QED) is 0.630. The van der Waals surface area contributed by atoms with E-state index in [1.54, 1.807) is 26.8 Å². The van der Waals surface area contributed by atoms with E-state index in [4.69, 9.17) is 4.74 Å². The summed E-state index contributed by atoms with van der Waals surface area (Å²) in [7, 11) is 0. The number of ether oxygens (including phenoxy) is 1. The maximum atomic E-state index is 11.5. The van der Waals surface area contributed by atoms with Gasteiger partial charge in [0, 0.05) is 0 Å². The summed E-state index contributed by atoms with van der Waals surface area (Å²) in [4.78, 5) is 0. The summed E-state index contributed by atoms with van der Waals surface area (Å²) in [6, 6.07) is 3.42. The summed E-state index contributed by atoms with van der Waals surface area (Å²) in [6.07, 6.45) is 3.35. The number of aromatic hydroxyl groups is 1. The lowest BCUT2D eigenvalue weighted by molar-refractivity contribution is -0.272. The molecule has 1 aliphatic carbocycles. The van der Waals surface area contributed by atoms with Crippen molar-refractivity contribution < 1.29 is 25.2 Å². The third kappa shape index (κ3) is 2.40. The van der Waals surface area contributed by atoms with Crippen LogP contribution in [0.3, 0.4) is 0 Å². The zero-order valence-electron chi connectivity index (χ0n) is 15.3. The predicted molar refractivity (Wildman–Crippen MR) is 94.7 cm³/mol. The molecular weight excluding hydrogens is 320 g/mol. The van der Waals surface area contributed by atoms with Crippen LogP contribution in [0.4, 0.5) is 0 Å². The minimum absolute atomic E-state index is 0.118. The minimum Gasteiger partial charge on any atom is -0.507 e. The molecule has 3 atom stereocenters. The van der Waals surface area contributed by atoms with Gasteiger partial charge >= 0.3 is 0 Å². The van der Waals surface area contributed by atoms with E-state index in [2.05, 4.69) is 6.92 Å². The summed E-state index contributed by atoms with van der Waals surface area (Å²) in [5.74, 6) is 0.222. The number of aliphatic hydroxyl groups excluding tert-OH is 1. The van der Waals surface area contributed by atoms with Crippen molar-refractivity contribution in [2.24, 2.45) is 0 Å². The lowest BCUT2D eigenvalue weighted by Gasteiger charge is -2.58. The molecule has 0 fully saturated rings. The van der Waals surface area contributed by atoms with Crippen LogP contribution in [0.1, 0.15) is 58.1 Å². The van der Waals surface area contributed by atoms with Crippen molar-refractivity contribution in [1.82, 2.24) is 0 Å². The Morgan fingerprint density at radius 3 is 2.56 bits per heavy atom. The maximum Gasteiger partial charge on any atom is 0.166 e. The molecule has 138 valence electrons. The average molecular weight is 348 g/mol. The Hall–Kier alpha value is -1.56. The van der Waals surface area contributed by atoms with E-state index in [0.717, 1.165) is 30.4 Å². The number of fused-ring (bicyclic) bond motifs is 3. The molecule has 4 N–H and O–H groups in total. The Labute approximate surface area is 148 Å². The Morgan fingerprint density at radius 1 is 1.24 bits per heavy atom. The summed E-state index contributed by atoms with van der Waals surface area (Å²) in [6.45, 7) is 7.18. The molecule has 3 rings (SSSR count). The normalized spacial score (nSPS) is 33.1. The van der Waals surface area contributed by atoms with Crippen molar-refractivity contribution in [1.29, 1.82) is 0 Å². The third-order valence-corrected chi connectivity index (χ3v) is 5.66. The number of unbranched alkanes of at least 4 members (excludes halogenated alkanes) is 1. The summed E-state index contributed by atoms with van der Waals surface area (Å²) < 4.78 is 6.00. The number of phenols is 1. The van der Waals surface area contributed by atoms with Crippen LogP contribution in [-0.4, -0.2) is 37.7 Å². The summed E-state index contributed by atoms with van der Waals surface area (Å²) >= 11 is 0. The Bertz CT molecular complexity index is 723. The highest BCUT2D eigenvalue weighted by molar-refractivity contribution is 5.58. The molecule has 3 unspecified atom stereocenters. The lowest BCUT2D eigenvalue weighted by Crippen LogP contribution is -2.74. The Kier molecular flexibility index (Phi) is 4.18. The van der Waals surface area contributed by atoms with Gasteiger partial charge in [-0.1, -0.05) is 18.9 Å². The highest BCUT2D eigenvalue weighted by Crippen LogP contribution is 2.58. The number of aryl methyl sites for hydroxylation is 1. The van der Waals surface area contributed by atoms with Crippen LogP contribution in [0.2, 0.25) is 0 Å². The molecule has 0 aromatic heterocycles. The van der Waals surface area contributed by atoms with Crippen LogP contribution < -0.4 is 4.74 Å². The van der Waals surface area contributed by atoms with Gasteiger partial charge in [0.1, 0.15) is 17.1 Å². The maximum absolute atomic E-state index is 11.5. The van der Waals surface area contributed by atoms with Gasteiger partial charge in [-0.15, -0.1) is 0 Å². The smallest absolute Gasteiger partial charge is 0.166 e. The third-order valence-electron chi connectivity index (χ3n) is 5.66. The first-order valence-corrected chi connectivity index (χ1v) is 8.93. The SMILES string of the molecule is CCCCc1cc(O)c2c(c1)OC(C)(C)C1(O)C(O)CC(C)=CC21O. The molecule has 1 aromatic rings. The number of rotatable bonds is 3. The van der Waals surface area contributed by atoms with Crippen molar-refractivity contribution in [2.45, 2.75) is 76.3 Å². The van der Waals surface area contributed by atoms with Crippen LogP contribution in [0, 0.1) is 0 Å². The van der Waals surface area contributed by atoms with Crippen molar-refractivity contribution in [2.75, 3.05) is 0 Å². The van der Waals surface area contributed by atoms with E-state index in [1.165, 1.54) is 6.08 Å². The molecule has 5 heteroatoms. The second-order valence-electron chi connectivity index (χ2n) is 7.95. The average Bonchev–Trinajstić information content (AvgIpc) is 2.48. The molecule has 0 radical (unpaired) electrons. The molecule has 2 aliphatic rings. The first-order valence-electron chi connectivity index (χ1n) is 8.93.